The Hall–Kier alpha value is -1.65. The van der Waals surface area contributed by atoms with Gasteiger partial charge in [-0.1, -0.05) is 107 Å². The van der Waals surface area contributed by atoms with E-state index >= 15 is 0 Å². The summed E-state index contributed by atoms with van der Waals surface area (Å²) < 4.78 is 10.6. The summed E-state index contributed by atoms with van der Waals surface area (Å²) in [7, 11) is 0. The van der Waals surface area contributed by atoms with Crippen LogP contribution in [0.4, 0.5) is 0 Å². The van der Waals surface area contributed by atoms with Gasteiger partial charge in [-0.05, 0) is 44.9 Å². The number of rotatable bonds is 24. The fourth-order valence-electron chi connectivity index (χ4n) is 3.41. The Morgan fingerprint density at radius 2 is 1.21 bits per heavy atom. The summed E-state index contributed by atoms with van der Waals surface area (Å²) in [5, 5.41) is 9.19. The molecule has 0 saturated heterocycles. The minimum absolute atomic E-state index is 0.185. The largest absolute Gasteiger partial charge is 0.457 e. The molecule has 0 radical (unpaired) electrons. The van der Waals surface area contributed by atoms with Gasteiger partial charge in [-0.3, -0.25) is 4.79 Å². The summed E-state index contributed by atoms with van der Waals surface area (Å²) in [5.41, 5.74) is 0. The first-order chi connectivity index (χ1) is 16.7. The Bertz CT molecular complexity index is 548. The van der Waals surface area contributed by atoms with Crippen molar-refractivity contribution in [1.82, 2.24) is 0 Å². The molecule has 1 N–H and O–H groups in total. The molecule has 0 aliphatic carbocycles. The molecule has 0 aromatic heterocycles. The fraction of sp³-hybridized carbons (Fsp3) is 0.700. The van der Waals surface area contributed by atoms with Crippen LogP contribution in [0.1, 0.15) is 110 Å². The van der Waals surface area contributed by atoms with E-state index in [2.05, 4.69) is 55.5 Å². The molecule has 0 bridgehead atoms. The van der Waals surface area contributed by atoms with Gasteiger partial charge in [0.2, 0.25) is 0 Å². The number of ether oxygens (including phenoxy) is 2. The second-order valence-corrected chi connectivity index (χ2v) is 8.69. The molecule has 0 aliphatic rings. The zero-order valence-corrected chi connectivity index (χ0v) is 22.1. The summed E-state index contributed by atoms with van der Waals surface area (Å²) in [6.07, 6.45) is 34.6. The van der Waals surface area contributed by atoms with Crippen molar-refractivity contribution in [1.29, 1.82) is 0 Å². The standard InChI is InChI=1S/C30H52O4/c1-3-5-6-7-8-9-10-11-12-13-14-15-16-17-18-19-20-21-22-23-24-25-26-33-28-29(27-31)34-30(32)4-2/h5-6,8-9,11-12,14-15,29,31H,3-4,7,10,13,16-28H2,1-2H3/b6-5-,9-8-,12-11-,15-14-. The highest BCUT2D eigenvalue weighted by molar-refractivity contribution is 5.69. The van der Waals surface area contributed by atoms with E-state index in [0.29, 0.717) is 13.0 Å². The van der Waals surface area contributed by atoms with Gasteiger partial charge in [-0.15, -0.1) is 0 Å². The van der Waals surface area contributed by atoms with Crippen LogP contribution in [0.3, 0.4) is 0 Å². The quantitative estimate of drug-likeness (QED) is 0.0870. The molecular weight excluding hydrogens is 424 g/mol. The minimum atomic E-state index is -0.532. The van der Waals surface area contributed by atoms with Crippen LogP contribution < -0.4 is 0 Å². The van der Waals surface area contributed by atoms with Crippen molar-refractivity contribution >= 4 is 5.97 Å². The average Bonchev–Trinajstić information content (AvgIpc) is 2.85. The first-order valence-corrected chi connectivity index (χ1v) is 13.7. The molecule has 0 aromatic rings. The molecule has 0 fully saturated rings. The van der Waals surface area contributed by atoms with Crippen molar-refractivity contribution in [2.45, 2.75) is 116 Å². The maximum atomic E-state index is 11.2. The number of unbranched alkanes of at least 4 members (excludes halogenated alkanes) is 9. The Labute approximate surface area is 210 Å². The zero-order chi connectivity index (χ0) is 25.0. The van der Waals surface area contributed by atoms with Crippen molar-refractivity contribution in [2.24, 2.45) is 0 Å². The van der Waals surface area contributed by atoms with Crippen LogP contribution in [0.2, 0.25) is 0 Å². The number of carbonyl (C=O) groups is 1. The highest BCUT2D eigenvalue weighted by atomic mass is 16.6. The highest BCUT2D eigenvalue weighted by Gasteiger charge is 2.12. The van der Waals surface area contributed by atoms with E-state index < -0.39 is 6.10 Å². The van der Waals surface area contributed by atoms with Gasteiger partial charge >= 0.3 is 5.97 Å². The van der Waals surface area contributed by atoms with E-state index in [1.54, 1.807) is 6.92 Å². The van der Waals surface area contributed by atoms with Crippen molar-refractivity contribution in [3.63, 3.8) is 0 Å². The van der Waals surface area contributed by atoms with Gasteiger partial charge in [0.05, 0.1) is 13.2 Å². The van der Waals surface area contributed by atoms with Crippen LogP contribution >= 0.6 is 0 Å². The summed E-state index contributed by atoms with van der Waals surface area (Å²) in [6, 6.07) is 0. The molecule has 0 heterocycles. The Balaban J connectivity index is 3.34. The van der Waals surface area contributed by atoms with Crippen molar-refractivity contribution in [3.8, 4) is 0 Å². The number of allylic oxidation sites excluding steroid dienone is 8. The van der Waals surface area contributed by atoms with Gasteiger partial charge < -0.3 is 14.6 Å². The van der Waals surface area contributed by atoms with Crippen LogP contribution in [-0.4, -0.2) is 37.0 Å². The van der Waals surface area contributed by atoms with Crippen LogP contribution in [0, 0.1) is 0 Å². The third-order valence-corrected chi connectivity index (χ3v) is 5.47. The lowest BCUT2D eigenvalue weighted by Crippen LogP contribution is -2.27. The second-order valence-electron chi connectivity index (χ2n) is 8.69. The molecule has 196 valence electrons. The van der Waals surface area contributed by atoms with Gasteiger partial charge in [0, 0.05) is 13.0 Å². The predicted octanol–water partition coefficient (Wildman–Crippen LogP) is 8.02. The summed E-state index contributed by atoms with van der Waals surface area (Å²) >= 11 is 0. The molecule has 0 aromatic carbocycles. The number of hydrogen-bond acceptors (Lipinski definition) is 4. The predicted molar refractivity (Wildman–Crippen MR) is 145 cm³/mol. The van der Waals surface area contributed by atoms with Crippen molar-refractivity contribution in [2.75, 3.05) is 19.8 Å². The first kappa shape index (κ1) is 32.4. The number of hydrogen-bond donors (Lipinski definition) is 1. The SMILES string of the molecule is CC/C=C\C/C=C\C/C=C\C/C=C\CCCCCCCCCCCOCC(CO)OC(=O)CC. The minimum Gasteiger partial charge on any atom is -0.457 e. The Morgan fingerprint density at radius 3 is 1.74 bits per heavy atom. The molecule has 4 heteroatoms. The van der Waals surface area contributed by atoms with Crippen LogP contribution in [-0.2, 0) is 14.3 Å². The summed E-state index contributed by atoms with van der Waals surface area (Å²) in [4.78, 5) is 11.2. The van der Waals surface area contributed by atoms with Crippen LogP contribution in [0.15, 0.2) is 48.6 Å². The van der Waals surface area contributed by atoms with E-state index in [1.807, 2.05) is 0 Å². The smallest absolute Gasteiger partial charge is 0.305 e. The highest BCUT2D eigenvalue weighted by Crippen LogP contribution is 2.11. The number of carbonyl (C=O) groups excluding carboxylic acids is 1. The number of aliphatic hydroxyl groups excluding tert-OH is 1. The van der Waals surface area contributed by atoms with Crippen molar-refractivity contribution in [3.05, 3.63) is 48.6 Å². The van der Waals surface area contributed by atoms with Gasteiger partial charge in [0.1, 0.15) is 6.10 Å². The third-order valence-electron chi connectivity index (χ3n) is 5.47. The lowest BCUT2D eigenvalue weighted by atomic mass is 10.1. The fourth-order valence-corrected chi connectivity index (χ4v) is 3.41. The molecule has 0 saturated carbocycles. The maximum Gasteiger partial charge on any atom is 0.305 e. The molecule has 4 nitrogen and oxygen atoms in total. The molecule has 0 rings (SSSR count). The molecule has 0 spiro atoms. The second kappa shape index (κ2) is 27.6. The average molecular weight is 477 g/mol. The molecule has 1 atom stereocenters. The Morgan fingerprint density at radius 1 is 0.706 bits per heavy atom. The lowest BCUT2D eigenvalue weighted by molar-refractivity contribution is -0.154. The molecular formula is C30H52O4. The number of esters is 1. The van der Waals surface area contributed by atoms with E-state index in [1.165, 1.54) is 57.8 Å². The lowest BCUT2D eigenvalue weighted by Gasteiger charge is -2.15. The normalized spacial score (nSPS) is 13.1. The monoisotopic (exact) mass is 476 g/mol. The zero-order valence-electron chi connectivity index (χ0n) is 22.1. The molecule has 0 aliphatic heterocycles. The van der Waals surface area contributed by atoms with Crippen molar-refractivity contribution < 1.29 is 19.4 Å². The van der Waals surface area contributed by atoms with E-state index in [4.69, 9.17) is 9.47 Å². The molecule has 34 heavy (non-hydrogen) atoms. The third kappa shape index (κ3) is 25.0. The van der Waals surface area contributed by atoms with E-state index in [9.17, 15) is 9.90 Å². The molecule has 0 amide bonds. The van der Waals surface area contributed by atoms with Crippen LogP contribution in [0.25, 0.3) is 0 Å². The van der Waals surface area contributed by atoms with Gasteiger partial charge in [-0.25, -0.2) is 0 Å². The summed E-state index contributed by atoms with van der Waals surface area (Å²) in [6.45, 7) is 4.66. The van der Waals surface area contributed by atoms with E-state index in [-0.39, 0.29) is 19.2 Å². The van der Waals surface area contributed by atoms with Gasteiger partial charge in [0.25, 0.3) is 0 Å². The number of aliphatic hydroxyl groups is 1. The van der Waals surface area contributed by atoms with Gasteiger partial charge in [0.15, 0.2) is 0 Å². The topological polar surface area (TPSA) is 55.8 Å². The van der Waals surface area contributed by atoms with E-state index in [0.717, 1.165) is 32.1 Å². The molecule has 1 unspecified atom stereocenters. The maximum absolute atomic E-state index is 11.2. The summed E-state index contributed by atoms with van der Waals surface area (Å²) in [5.74, 6) is -0.294. The Kier molecular flexibility index (Phi) is 26.3. The van der Waals surface area contributed by atoms with Crippen LogP contribution in [0.5, 0.6) is 0 Å². The van der Waals surface area contributed by atoms with Gasteiger partial charge in [-0.2, -0.15) is 0 Å². The first-order valence-electron chi connectivity index (χ1n) is 13.7.